The van der Waals surface area contributed by atoms with Gasteiger partial charge in [0.2, 0.25) is 0 Å². The van der Waals surface area contributed by atoms with E-state index in [9.17, 15) is 5.11 Å². The van der Waals surface area contributed by atoms with Crippen molar-refractivity contribution >= 4 is 16.7 Å². The number of pyridine rings is 2. The molecule has 0 radical (unpaired) electrons. The van der Waals surface area contributed by atoms with Gasteiger partial charge in [0.15, 0.2) is 0 Å². The van der Waals surface area contributed by atoms with Crippen LogP contribution in [0.4, 0.5) is 5.69 Å². The highest BCUT2D eigenvalue weighted by Gasteiger charge is 2.33. The first kappa shape index (κ1) is 14.2. The summed E-state index contributed by atoms with van der Waals surface area (Å²) in [7, 11) is 1.88. The third kappa shape index (κ3) is 2.84. The number of hydrogen-bond donors (Lipinski definition) is 2. The van der Waals surface area contributed by atoms with E-state index in [1.54, 1.807) is 0 Å². The van der Waals surface area contributed by atoms with Gasteiger partial charge in [0.05, 0.1) is 16.8 Å². The molecule has 0 aromatic carbocycles. The van der Waals surface area contributed by atoms with Crippen LogP contribution in [0.5, 0.6) is 0 Å². The van der Waals surface area contributed by atoms with Gasteiger partial charge in [-0.25, -0.2) is 4.98 Å². The Balaban J connectivity index is 1.98. The van der Waals surface area contributed by atoms with Gasteiger partial charge in [0, 0.05) is 31.5 Å². The summed E-state index contributed by atoms with van der Waals surface area (Å²) >= 11 is 0. The fraction of sp³-hybridized carbons (Fsp3) is 0.500. The fourth-order valence-corrected chi connectivity index (χ4v) is 3.16. The third-order valence-electron chi connectivity index (χ3n) is 4.10. The van der Waals surface area contributed by atoms with Gasteiger partial charge in [-0.2, -0.15) is 0 Å². The second kappa shape index (κ2) is 5.58. The van der Waals surface area contributed by atoms with E-state index in [2.05, 4.69) is 20.2 Å². The summed E-state index contributed by atoms with van der Waals surface area (Å²) in [5.74, 6) is 0. The summed E-state index contributed by atoms with van der Waals surface area (Å²) < 4.78 is 0. The molecule has 2 N–H and O–H groups in total. The number of fused-ring (bicyclic) bond motifs is 1. The lowest BCUT2D eigenvalue weighted by atomic mass is 9.92. The van der Waals surface area contributed by atoms with Crippen molar-refractivity contribution in [1.82, 2.24) is 15.3 Å². The summed E-state index contributed by atoms with van der Waals surface area (Å²) in [5, 5.41) is 13.8. The number of piperidine rings is 1. The average molecular weight is 286 g/mol. The molecule has 1 fully saturated rings. The zero-order valence-electron chi connectivity index (χ0n) is 12.6. The molecule has 2 aromatic rings. The second-order valence-corrected chi connectivity index (χ2v) is 5.93. The zero-order chi connectivity index (χ0) is 14.9. The number of hydrogen-bond acceptors (Lipinski definition) is 5. The first-order chi connectivity index (χ1) is 10.1. The van der Waals surface area contributed by atoms with Crippen LogP contribution in [0.3, 0.4) is 0 Å². The van der Waals surface area contributed by atoms with E-state index in [1.165, 1.54) is 0 Å². The van der Waals surface area contributed by atoms with Gasteiger partial charge < -0.3 is 15.3 Å². The molecule has 1 unspecified atom stereocenters. The molecule has 1 atom stereocenters. The maximum absolute atomic E-state index is 10.7. The minimum Gasteiger partial charge on any atom is -0.387 e. The minimum atomic E-state index is -0.674. The van der Waals surface area contributed by atoms with Crippen LogP contribution in [-0.2, 0) is 0 Å². The van der Waals surface area contributed by atoms with Gasteiger partial charge in [0.1, 0.15) is 5.52 Å². The number of aryl methyl sites for hydroxylation is 1. The maximum Gasteiger partial charge on any atom is 0.112 e. The van der Waals surface area contributed by atoms with Crippen molar-refractivity contribution in [3.63, 3.8) is 0 Å². The molecule has 112 valence electrons. The largest absolute Gasteiger partial charge is 0.387 e. The van der Waals surface area contributed by atoms with Crippen molar-refractivity contribution in [2.24, 2.45) is 0 Å². The van der Waals surface area contributed by atoms with E-state index >= 15 is 0 Å². The lowest BCUT2D eigenvalue weighted by molar-refractivity contribution is 0.0282. The molecule has 0 spiro atoms. The van der Waals surface area contributed by atoms with Crippen LogP contribution in [0.1, 0.15) is 18.5 Å². The van der Waals surface area contributed by atoms with Crippen LogP contribution < -0.4 is 10.2 Å². The number of likely N-dealkylation sites (N-methyl/N-ethyl adjacent to an activating group) is 1. The Kier molecular flexibility index (Phi) is 3.78. The van der Waals surface area contributed by atoms with Crippen LogP contribution in [0.2, 0.25) is 0 Å². The van der Waals surface area contributed by atoms with E-state index in [1.807, 2.05) is 38.4 Å². The highest BCUT2D eigenvalue weighted by atomic mass is 16.3. The molecule has 0 bridgehead atoms. The Morgan fingerprint density at radius 2 is 2.24 bits per heavy atom. The quantitative estimate of drug-likeness (QED) is 0.895. The number of aliphatic hydroxyl groups is 1. The molecule has 1 aliphatic heterocycles. The molecular formula is C16H22N4O. The SMILES string of the molecule is CNCC1(O)CCCN(c2ccnc3ccc(C)nc23)C1. The number of aromatic nitrogens is 2. The van der Waals surface area contributed by atoms with E-state index in [0.717, 1.165) is 41.8 Å². The fourth-order valence-electron chi connectivity index (χ4n) is 3.16. The molecule has 21 heavy (non-hydrogen) atoms. The first-order valence-electron chi connectivity index (χ1n) is 7.46. The predicted molar refractivity (Wildman–Crippen MR) is 84.6 cm³/mol. The van der Waals surface area contributed by atoms with Gasteiger partial charge in [0.25, 0.3) is 0 Å². The van der Waals surface area contributed by atoms with Crippen LogP contribution in [0.15, 0.2) is 24.4 Å². The first-order valence-corrected chi connectivity index (χ1v) is 7.46. The van der Waals surface area contributed by atoms with Gasteiger partial charge in [-0.15, -0.1) is 0 Å². The maximum atomic E-state index is 10.7. The van der Waals surface area contributed by atoms with Crippen molar-refractivity contribution in [2.75, 3.05) is 31.6 Å². The second-order valence-electron chi connectivity index (χ2n) is 5.93. The summed E-state index contributed by atoms with van der Waals surface area (Å²) in [6.45, 7) is 4.17. The van der Waals surface area contributed by atoms with Crippen LogP contribution in [-0.4, -0.2) is 47.4 Å². The van der Waals surface area contributed by atoms with Crippen molar-refractivity contribution in [3.8, 4) is 0 Å². The standard InChI is InChI=1S/C16H22N4O/c1-12-4-5-13-15(19-12)14(6-8-18-13)20-9-3-7-16(21,11-20)10-17-2/h4-6,8,17,21H,3,7,9-11H2,1-2H3. The van der Waals surface area contributed by atoms with Crippen LogP contribution in [0, 0.1) is 6.92 Å². The molecule has 1 aliphatic rings. The Morgan fingerprint density at radius 1 is 1.38 bits per heavy atom. The average Bonchev–Trinajstić information content (AvgIpc) is 2.46. The number of anilines is 1. The molecule has 5 nitrogen and oxygen atoms in total. The zero-order valence-corrected chi connectivity index (χ0v) is 12.6. The molecule has 3 rings (SSSR count). The highest BCUT2D eigenvalue weighted by molar-refractivity contribution is 5.88. The normalized spacial score (nSPS) is 22.7. The monoisotopic (exact) mass is 286 g/mol. The van der Waals surface area contributed by atoms with Crippen molar-refractivity contribution in [1.29, 1.82) is 0 Å². The summed E-state index contributed by atoms with van der Waals surface area (Å²) in [5.41, 5.74) is 3.20. The van der Waals surface area contributed by atoms with Gasteiger partial charge >= 0.3 is 0 Å². The number of β-amino-alcohol motifs (C(OH)–C–C–N with tert-alkyl or cyclic N) is 1. The molecule has 5 heteroatoms. The van der Waals surface area contributed by atoms with E-state index in [-0.39, 0.29) is 0 Å². The highest BCUT2D eigenvalue weighted by Crippen LogP contribution is 2.29. The van der Waals surface area contributed by atoms with Gasteiger partial charge in [-0.05, 0) is 45.0 Å². The molecule has 2 aromatic heterocycles. The number of nitrogens with zero attached hydrogens (tertiary/aromatic N) is 3. The lowest BCUT2D eigenvalue weighted by Crippen LogP contribution is -2.53. The molecule has 1 saturated heterocycles. The topological polar surface area (TPSA) is 61.3 Å². The minimum absolute atomic E-state index is 0.610. The van der Waals surface area contributed by atoms with Gasteiger partial charge in [-0.1, -0.05) is 0 Å². The molecule has 0 aliphatic carbocycles. The van der Waals surface area contributed by atoms with E-state index < -0.39 is 5.60 Å². The molecule has 3 heterocycles. The predicted octanol–water partition coefficient (Wildman–Crippen LogP) is 1.49. The lowest BCUT2D eigenvalue weighted by Gasteiger charge is -2.40. The van der Waals surface area contributed by atoms with Crippen LogP contribution >= 0.6 is 0 Å². The summed E-state index contributed by atoms with van der Waals surface area (Å²) in [6.07, 6.45) is 3.63. The summed E-state index contributed by atoms with van der Waals surface area (Å²) in [4.78, 5) is 11.3. The van der Waals surface area contributed by atoms with E-state index in [0.29, 0.717) is 13.1 Å². The Morgan fingerprint density at radius 3 is 3.05 bits per heavy atom. The van der Waals surface area contributed by atoms with Crippen LogP contribution in [0.25, 0.3) is 11.0 Å². The Labute approximate surface area is 125 Å². The summed E-state index contributed by atoms with van der Waals surface area (Å²) in [6, 6.07) is 5.98. The molecule has 0 saturated carbocycles. The number of nitrogens with one attached hydrogen (secondary N) is 1. The molecule has 0 amide bonds. The number of rotatable bonds is 3. The molecular weight excluding hydrogens is 264 g/mol. The van der Waals surface area contributed by atoms with E-state index in [4.69, 9.17) is 0 Å². The Bertz CT molecular complexity index is 641. The van der Waals surface area contributed by atoms with Crippen molar-refractivity contribution < 1.29 is 5.11 Å². The smallest absolute Gasteiger partial charge is 0.112 e. The van der Waals surface area contributed by atoms with Gasteiger partial charge in [-0.3, -0.25) is 4.98 Å². The third-order valence-corrected chi connectivity index (χ3v) is 4.10. The van der Waals surface area contributed by atoms with Crippen molar-refractivity contribution in [2.45, 2.75) is 25.4 Å². The Hall–Kier alpha value is -1.72. The van der Waals surface area contributed by atoms with Crippen molar-refractivity contribution in [3.05, 3.63) is 30.1 Å².